The zero-order valence-electron chi connectivity index (χ0n) is 10.3. The number of hydrogen-bond acceptors (Lipinski definition) is 3. The molecule has 0 aromatic carbocycles. The molecule has 0 amide bonds. The van der Waals surface area contributed by atoms with E-state index in [2.05, 4.69) is 17.2 Å². The van der Waals surface area contributed by atoms with Crippen LogP contribution in [-0.4, -0.2) is 29.6 Å². The Morgan fingerprint density at radius 3 is 3.00 bits per heavy atom. The van der Waals surface area contributed by atoms with Gasteiger partial charge in [-0.15, -0.1) is 0 Å². The van der Waals surface area contributed by atoms with Crippen LogP contribution in [0, 0.1) is 5.92 Å². The number of nitrogens with one attached hydrogen (secondary N) is 1. The van der Waals surface area contributed by atoms with Gasteiger partial charge in [-0.2, -0.15) is 0 Å². The van der Waals surface area contributed by atoms with Gasteiger partial charge in [-0.25, -0.2) is 0 Å². The first-order valence-electron chi connectivity index (χ1n) is 6.68. The molecule has 92 valence electrons. The first-order chi connectivity index (χ1) is 7.68. The van der Waals surface area contributed by atoms with Crippen molar-refractivity contribution in [2.45, 2.75) is 57.5 Å². The fourth-order valence-corrected chi connectivity index (χ4v) is 2.90. The third-order valence-corrected chi connectivity index (χ3v) is 3.81. The van der Waals surface area contributed by atoms with E-state index >= 15 is 0 Å². The van der Waals surface area contributed by atoms with Crippen molar-refractivity contribution in [3.8, 4) is 0 Å². The summed E-state index contributed by atoms with van der Waals surface area (Å²) in [7, 11) is 0. The molecule has 1 heterocycles. The van der Waals surface area contributed by atoms with Crippen LogP contribution in [0.1, 0.15) is 51.9 Å². The third kappa shape index (κ3) is 3.21. The standard InChI is InChI=1S/C13H24N2O/c1-11-5-4-7-13(16,9-11)10-15-12-6-2-3-8-14-12/h11,16H,2-10H2,1H3,(H,14,15). The second-order valence-electron chi connectivity index (χ2n) is 5.56. The smallest absolute Gasteiger partial charge is 0.0964 e. The van der Waals surface area contributed by atoms with Crippen LogP contribution in [0.15, 0.2) is 4.99 Å². The Bertz CT molecular complexity index is 265. The molecule has 2 N–H and O–H groups in total. The molecule has 1 saturated carbocycles. The summed E-state index contributed by atoms with van der Waals surface area (Å²) in [4.78, 5) is 4.46. The van der Waals surface area contributed by atoms with E-state index in [-0.39, 0.29) is 0 Å². The number of aliphatic hydroxyl groups is 1. The van der Waals surface area contributed by atoms with E-state index in [1.165, 1.54) is 19.3 Å². The summed E-state index contributed by atoms with van der Waals surface area (Å²) < 4.78 is 0. The van der Waals surface area contributed by atoms with Gasteiger partial charge in [0.1, 0.15) is 0 Å². The molecule has 16 heavy (non-hydrogen) atoms. The van der Waals surface area contributed by atoms with E-state index in [9.17, 15) is 5.11 Å². The van der Waals surface area contributed by atoms with Gasteiger partial charge in [0.25, 0.3) is 0 Å². The maximum absolute atomic E-state index is 10.5. The molecule has 2 aliphatic rings. The maximum atomic E-state index is 10.5. The first kappa shape index (κ1) is 11.9. The van der Waals surface area contributed by atoms with Crippen LogP contribution in [-0.2, 0) is 0 Å². The van der Waals surface area contributed by atoms with Crippen molar-refractivity contribution in [2.75, 3.05) is 13.1 Å². The lowest BCUT2D eigenvalue weighted by molar-refractivity contribution is -0.00827. The Labute approximate surface area is 98.3 Å². The fraction of sp³-hybridized carbons (Fsp3) is 0.923. The number of aliphatic imine (C=N–C) groups is 1. The normalized spacial score (nSPS) is 35.6. The largest absolute Gasteiger partial charge is 0.388 e. The predicted octanol–water partition coefficient (Wildman–Crippen LogP) is 2.10. The molecule has 3 nitrogen and oxygen atoms in total. The molecular weight excluding hydrogens is 200 g/mol. The average molecular weight is 224 g/mol. The first-order valence-corrected chi connectivity index (χ1v) is 6.68. The Morgan fingerprint density at radius 1 is 1.44 bits per heavy atom. The van der Waals surface area contributed by atoms with E-state index in [1.54, 1.807) is 0 Å². The minimum Gasteiger partial charge on any atom is -0.388 e. The van der Waals surface area contributed by atoms with Crippen LogP contribution in [0.3, 0.4) is 0 Å². The highest BCUT2D eigenvalue weighted by molar-refractivity contribution is 5.82. The van der Waals surface area contributed by atoms with E-state index in [4.69, 9.17) is 0 Å². The summed E-state index contributed by atoms with van der Waals surface area (Å²) in [6.45, 7) is 3.88. The van der Waals surface area contributed by atoms with E-state index in [1.807, 2.05) is 0 Å². The molecule has 0 spiro atoms. The summed E-state index contributed by atoms with van der Waals surface area (Å²) in [6.07, 6.45) is 7.82. The summed E-state index contributed by atoms with van der Waals surface area (Å²) in [5.74, 6) is 1.77. The van der Waals surface area contributed by atoms with Gasteiger partial charge in [-0.1, -0.05) is 19.8 Å². The molecule has 1 aliphatic heterocycles. The Morgan fingerprint density at radius 2 is 2.31 bits per heavy atom. The second-order valence-corrected chi connectivity index (χ2v) is 5.56. The highest BCUT2D eigenvalue weighted by Gasteiger charge is 2.32. The molecule has 0 aromatic heterocycles. The zero-order valence-corrected chi connectivity index (χ0v) is 10.3. The fourth-order valence-electron chi connectivity index (χ4n) is 2.90. The SMILES string of the molecule is CC1CCCC(O)(CNC2=NCCCC2)C1. The Balaban J connectivity index is 1.81. The van der Waals surface area contributed by atoms with Crippen LogP contribution in [0.2, 0.25) is 0 Å². The lowest BCUT2D eigenvalue weighted by Crippen LogP contribution is -2.46. The van der Waals surface area contributed by atoms with E-state index < -0.39 is 5.60 Å². The van der Waals surface area contributed by atoms with Crippen molar-refractivity contribution in [3.05, 3.63) is 0 Å². The van der Waals surface area contributed by atoms with Gasteiger partial charge < -0.3 is 10.4 Å². The summed E-state index contributed by atoms with van der Waals surface area (Å²) >= 11 is 0. The summed E-state index contributed by atoms with van der Waals surface area (Å²) in [5, 5.41) is 13.8. The highest BCUT2D eigenvalue weighted by Crippen LogP contribution is 2.31. The van der Waals surface area contributed by atoms with Gasteiger partial charge in [-0.05, 0) is 31.6 Å². The quantitative estimate of drug-likeness (QED) is 0.754. The van der Waals surface area contributed by atoms with Crippen molar-refractivity contribution >= 4 is 5.84 Å². The molecular formula is C13H24N2O. The summed E-state index contributed by atoms with van der Waals surface area (Å²) in [5.41, 5.74) is -0.488. The lowest BCUT2D eigenvalue weighted by atomic mass is 9.79. The van der Waals surface area contributed by atoms with Gasteiger partial charge in [0.15, 0.2) is 0 Å². The molecule has 1 fully saturated rings. The predicted molar refractivity (Wildman–Crippen MR) is 66.7 cm³/mol. The molecule has 2 unspecified atom stereocenters. The van der Waals surface area contributed by atoms with Crippen molar-refractivity contribution in [1.82, 2.24) is 5.32 Å². The Hall–Kier alpha value is -0.570. The Kier molecular flexibility index (Phi) is 3.85. The van der Waals surface area contributed by atoms with E-state index in [0.29, 0.717) is 12.5 Å². The van der Waals surface area contributed by atoms with Crippen LogP contribution in [0.25, 0.3) is 0 Å². The van der Waals surface area contributed by atoms with Gasteiger partial charge in [-0.3, -0.25) is 4.99 Å². The minimum absolute atomic E-state index is 0.488. The van der Waals surface area contributed by atoms with Crippen LogP contribution < -0.4 is 5.32 Å². The van der Waals surface area contributed by atoms with Crippen molar-refractivity contribution in [2.24, 2.45) is 10.9 Å². The summed E-state index contributed by atoms with van der Waals surface area (Å²) in [6, 6.07) is 0. The average Bonchev–Trinajstić information content (AvgIpc) is 2.28. The van der Waals surface area contributed by atoms with Crippen molar-refractivity contribution < 1.29 is 5.11 Å². The molecule has 1 aliphatic carbocycles. The van der Waals surface area contributed by atoms with Gasteiger partial charge in [0.05, 0.1) is 11.4 Å². The third-order valence-electron chi connectivity index (χ3n) is 3.81. The number of rotatable bonds is 2. The second kappa shape index (κ2) is 5.17. The number of hydrogen-bond donors (Lipinski definition) is 2. The maximum Gasteiger partial charge on any atom is 0.0964 e. The van der Waals surface area contributed by atoms with Gasteiger partial charge in [0.2, 0.25) is 0 Å². The lowest BCUT2D eigenvalue weighted by Gasteiger charge is -2.36. The van der Waals surface area contributed by atoms with Gasteiger partial charge in [0, 0.05) is 19.5 Å². The minimum atomic E-state index is -0.488. The molecule has 0 radical (unpaired) electrons. The monoisotopic (exact) mass is 224 g/mol. The van der Waals surface area contributed by atoms with Crippen LogP contribution in [0.5, 0.6) is 0 Å². The number of nitrogens with zero attached hydrogens (tertiary/aromatic N) is 1. The molecule has 2 rings (SSSR count). The van der Waals surface area contributed by atoms with Crippen LogP contribution in [0.4, 0.5) is 0 Å². The molecule has 0 saturated heterocycles. The molecule has 3 heteroatoms. The van der Waals surface area contributed by atoms with Crippen molar-refractivity contribution in [3.63, 3.8) is 0 Å². The van der Waals surface area contributed by atoms with E-state index in [0.717, 1.165) is 38.1 Å². The molecule has 2 atom stereocenters. The van der Waals surface area contributed by atoms with Crippen LogP contribution >= 0.6 is 0 Å². The topological polar surface area (TPSA) is 44.6 Å². The van der Waals surface area contributed by atoms with Crippen molar-refractivity contribution in [1.29, 1.82) is 0 Å². The van der Waals surface area contributed by atoms with Gasteiger partial charge >= 0.3 is 0 Å². The zero-order chi connectivity index (χ0) is 11.4. The number of amidine groups is 1. The highest BCUT2D eigenvalue weighted by atomic mass is 16.3. The molecule has 0 aromatic rings. The molecule has 0 bridgehead atoms.